The number of aromatic nitrogens is 3. The minimum atomic E-state index is -3.75. The molecule has 0 aliphatic heterocycles. The summed E-state index contributed by atoms with van der Waals surface area (Å²) >= 11 is 0. The highest BCUT2D eigenvalue weighted by atomic mass is 32.2. The second-order valence-electron chi connectivity index (χ2n) is 4.14. The van der Waals surface area contributed by atoms with Crippen LogP contribution in [-0.2, 0) is 14.4 Å². The van der Waals surface area contributed by atoms with E-state index < -0.39 is 10.1 Å². The van der Waals surface area contributed by atoms with Crippen molar-refractivity contribution in [2.45, 2.75) is 0 Å². The normalized spacial score (nSPS) is 12.7. The van der Waals surface area contributed by atoms with E-state index in [0.29, 0.717) is 11.1 Å². The molecule has 0 saturated carbocycles. The SMILES string of the molecule is CS(=O)(=O)ON=C(c1ncc[nH]1)c1nc2ccccc2o1. The van der Waals surface area contributed by atoms with Gasteiger partial charge in [0.25, 0.3) is 5.89 Å². The summed E-state index contributed by atoms with van der Waals surface area (Å²) in [6, 6.07) is 7.11. The summed E-state index contributed by atoms with van der Waals surface area (Å²) in [6.07, 6.45) is 3.95. The molecule has 1 aromatic carbocycles. The molecule has 0 amide bonds. The van der Waals surface area contributed by atoms with Crippen LogP contribution < -0.4 is 0 Å². The van der Waals surface area contributed by atoms with Crippen LogP contribution in [0.4, 0.5) is 0 Å². The van der Waals surface area contributed by atoms with Gasteiger partial charge in [-0.05, 0) is 12.1 Å². The zero-order valence-corrected chi connectivity index (χ0v) is 11.7. The standard InChI is InChI=1S/C12H10N4O4S/c1-21(17,18)20-16-10(11-13-6-7-14-11)12-15-8-4-2-3-5-9(8)19-12/h2-7H,1H3,(H,13,14). The highest BCUT2D eigenvalue weighted by molar-refractivity contribution is 7.85. The van der Waals surface area contributed by atoms with Gasteiger partial charge in [-0.2, -0.15) is 8.42 Å². The number of H-pyrrole nitrogens is 1. The number of fused-ring (bicyclic) bond motifs is 1. The molecule has 0 aliphatic rings. The van der Waals surface area contributed by atoms with Gasteiger partial charge in [-0.25, -0.2) is 9.97 Å². The molecular weight excluding hydrogens is 296 g/mol. The summed E-state index contributed by atoms with van der Waals surface area (Å²) < 4.78 is 32.2. The number of imidazole rings is 1. The number of rotatable bonds is 4. The van der Waals surface area contributed by atoms with Crippen LogP contribution in [0.25, 0.3) is 11.1 Å². The molecule has 108 valence electrons. The molecule has 8 nitrogen and oxygen atoms in total. The van der Waals surface area contributed by atoms with Crippen molar-refractivity contribution in [3.05, 3.63) is 48.4 Å². The van der Waals surface area contributed by atoms with Gasteiger partial charge < -0.3 is 9.40 Å². The van der Waals surface area contributed by atoms with E-state index in [0.717, 1.165) is 6.26 Å². The number of aromatic amines is 1. The second kappa shape index (κ2) is 5.02. The molecular formula is C12H10N4O4S. The Labute approximate surface area is 119 Å². The lowest BCUT2D eigenvalue weighted by atomic mass is 10.3. The van der Waals surface area contributed by atoms with Gasteiger partial charge in [0.1, 0.15) is 5.52 Å². The van der Waals surface area contributed by atoms with Gasteiger partial charge in [0.05, 0.1) is 6.26 Å². The lowest BCUT2D eigenvalue weighted by Gasteiger charge is -1.98. The van der Waals surface area contributed by atoms with Gasteiger partial charge >= 0.3 is 10.1 Å². The molecule has 3 rings (SSSR count). The van der Waals surface area contributed by atoms with E-state index in [-0.39, 0.29) is 17.4 Å². The number of benzene rings is 1. The van der Waals surface area contributed by atoms with Crippen molar-refractivity contribution in [1.29, 1.82) is 0 Å². The third-order valence-electron chi connectivity index (χ3n) is 2.48. The van der Waals surface area contributed by atoms with Crippen LogP contribution in [0.15, 0.2) is 46.2 Å². The Hall–Kier alpha value is -2.68. The fourth-order valence-corrected chi connectivity index (χ4v) is 1.87. The minimum Gasteiger partial charge on any atom is -0.435 e. The number of para-hydroxylation sites is 2. The summed E-state index contributed by atoms with van der Waals surface area (Å²) in [5, 5.41) is 3.58. The molecule has 2 heterocycles. The molecule has 0 atom stereocenters. The summed E-state index contributed by atoms with van der Waals surface area (Å²) in [7, 11) is -3.75. The van der Waals surface area contributed by atoms with Crippen LogP contribution in [-0.4, -0.2) is 35.3 Å². The first-order chi connectivity index (χ1) is 10.0. The monoisotopic (exact) mass is 306 g/mol. The van der Waals surface area contributed by atoms with E-state index in [1.165, 1.54) is 6.20 Å². The number of nitrogens with one attached hydrogen (secondary N) is 1. The predicted molar refractivity (Wildman–Crippen MR) is 74.2 cm³/mol. The lowest BCUT2D eigenvalue weighted by Crippen LogP contribution is -2.09. The van der Waals surface area contributed by atoms with Gasteiger partial charge in [-0.15, -0.1) is 0 Å². The highest BCUT2D eigenvalue weighted by Crippen LogP contribution is 2.17. The fourth-order valence-electron chi connectivity index (χ4n) is 1.66. The average molecular weight is 306 g/mol. The molecule has 0 fully saturated rings. The third kappa shape index (κ3) is 2.92. The van der Waals surface area contributed by atoms with E-state index in [1.807, 2.05) is 6.07 Å². The quantitative estimate of drug-likeness (QED) is 0.574. The first kappa shape index (κ1) is 13.3. The van der Waals surface area contributed by atoms with Crippen LogP contribution in [0.1, 0.15) is 11.7 Å². The number of oxime groups is 1. The molecule has 2 aromatic heterocycles. The molecule has 0 saturated heterocycles. The Morgan fingerprint density at radius 3 is 2.86 bits per heavy atom. The van der Waals surface area contributed by atoms with Gasteiger partial charge in [0.15, 0.2) is 11.4 Å². The molecule has 0 bridgehead atoms. The van der Waals surface area contributed by atoms with E-state index >= 15 is 0 Å². The highest BCUT2D eigenvalue weighted by Gasteiger charge is 2.19. The molecule has 0 unspecified atom stereocenters. The van der Waals surface area contributed by atoms with Crippen molar-refractivity contribution in [3.63, 3.8) is 0 Å². The van der Waals surface area contributed by atoms with Gasteiger partial charge in [-0.3, -0.25) is 4.28 Å². The van der Waals surface area contributed by atoms with E-state index in [1.54, 1.807) is 24.4 Å². The number of oxazole rings is 1. The first-order valence-electron chi connectivity index (χ1n) is 5.85. The van der Waals surface area contributed by atoms with Crippen LogP contribution in [0, 0.1) is 0 Å². The Morgan fingerprint density at radius 1 is 1.38 bits per heavy atom. The van der Waals surface area contributed by atoms with Crippen molar-refractivity contribution in [1.82, 2.24) is 15.0 Å². The number of hydrogen-bond acceptors (Lipinski definition) is 7. The Balaban J connectivity index is 2.10. The van der Waals surface area contributed by atoms with E-state index in [9.17, 15) is 8.42 Å². The summed E-state index contributed by atoms with van der Waals surface area (Å²) in [5.41, 5.74) is 1.22. The maximum atomic E-state index is 11.1. The first-order valence-corrected chi connectivity index (χ1v) is 7.67. The summed E-state index contributed by atoms with van der Waals surface area (Å²) in [6.45, 7) is 0. The zero-order chi connectivity index (χ0) is 14.9. The topological polar surface area (TPSA) is 110 Å². The zero-order valence-electron chi connectivity index (χ0n) is 10.8. The largest absolute Gasteiger partial charge is 0.435 e. The van der Waals surface area contributed by atoms with E-state index in [2.05, 4.69) is 24.4 Å². The Kier molecular flexibility index (Phi) is 3.18. The molecule has 0 spiro atoms. The van der Waals surface area contributed by atoms with Crippen molar-refractivity contribution in [3.8, 4) is 0 Å². The second-order valence-corrected chi connectivity index (χ2v) is 5.70. The van der Waals surface area contributed by atoms with Crippen LogP contribution >= 0.6 is 0 Å². The fraction of sp³-hybridized carbons (Fsp3) is 0.0833. The Bertz CT molecular complexity index is 863. The van der Waals surface area contributed by atoms with Crippen molar-refractivity contribution < 1.29 is 17.1 Å². The van der Waals surface area contributed by atoms with E-state index in [4.69, 9.17) is 4.42 Å². The molecule has 9 heteroatoms. The maximum absolute atomic E-state index is 11.1. The molecule has 21 heavy (non-hydrogen) atoms. The van der Waals surface area contributed by atoms with Crippen LogP contribution in [0.2, 0.25) is 0 Å². The van der Waals surface area contributed by atoms with Crippen molar-refractivity contribution in [2.24, 2.45) is 5.16 Å². The molecule has 3 aromatic rings. The molecule has 0 radical (unpaired) electrons. The van der Waals surface area contributed by atoms with Crippen LogP contribution in [0.5, 0.6) is 0 Å². The van der Waals surface area contributed by atoms with Crippen LogP contribution in [0.3, 0.4) is 0 Å². The summed E-state index contributed by atoms with van der Waals surface area (Å²) in [5.74, 6) is 0.389. The molecule has 1 N–H and O–H groups in total. The molecule has 0 aliphatic carbocycles. The smallest absolute Gasteiger partial charge is 0.325 e. The third-order valence-corrected chi connectivity index (χ3v) is 2.83. The number of hydrogen-bond donors (Lipinski definition) is 1. The summed E-state index contributed by atoms with van der Waals surface area (Å²) in [4.78, 5) is 11.0. The van der Waals surface area contributed by atoms with Gasteiger partial charge in [0.2, 0.25) is 5.71 Å². The predicted octanol–water partition coefficient (Wildman–Crippen LogP) is 1.28. The maximum Gasteiger partial charge on any atom is 0.325 e. The number of nitrogens with zero attached hydrogens (tertiary/aromatic N) is 3. The van der Waals surface area contributed by atoms with Crippen molar-refractivity contribution >= 4 is 26.9 Å². The Morgan fingerprint density at radius 2 is 2.19 bits per heavy atom. The van der Waals surface area contributed by atoms with Gasteiger partial charge in [0, 0.05) is 12.4 Å². The minimum absolute atomic E-state index is 0.0571. The lowest BCUT2D eigenvalue weighted by molar-refractivity contribution is 0.342. The van der Waals surface area contributed by atoms with Gasteiger partial charge in [-0.1, -0.05) is 17.3 Å². The average Bonchev–Trinajstić information content (AvgIpc) is 3.06. The van der Waals surface area contributed by atoms with Crippen molar-refractivity contribution in [2.75, 3.05) is 6.26 Å².